The first-order valence-corrected chi connectivity index (χ1v) is 9.16. The van der Waals surface area contributed by atoms with Gasteiger partial charge in [-0.2, -0.15) is 5.10 Å². The van der Waals surface area contributed by atoms with Crippen molar-refractivity contribution in [2.45, 2.75) is 17.1 Å². The van der Waals surface area contributed by atoms with Crippen molar-refractivity contribution in [3.63, 3.8) is 0 Å². The highest BCUT2D eigenvalue weighted by molar-refractivity contribution is 7.98. The Morgan fingerprint density at radius 2 is 2.00 bits per heavy atom. The van der Waals surface area contributed by atoms with Gasteiger partial charge in [-0.25, -0.2) is 9.50 Å². The van der Waals surface area contributed by atoms with E-state index in [1.165, 1.54) is 28.8 Å². The van der Waals surface area contributed by atoms with Crippen LogP contribution in [-0.2, 0) is 10.5 Å². The SMILES string of the molecule is O=C(O)CNC(=O)c1c(O)cc(SCc2ccccc2OC(F)(F)F)n2ncnc12. The van der Waals surface area contributed by atoms with E-state index < -0.39 is 30.5 Å². The molecule has 0 atom stereocenters. The number of carbonyl (C=O) groups is 2. The second kappa shape index (κ2) is 8.49. The molecule has 30 heavy (non-hydrogen) atoms. The van der Waals surface area contributed by atoms with Crippen LogP contribution in [0.4, 0.5) is 13.2 Å². The second-order valence-electron chi connectivity index (χ2n) is 5.76. The number of pyridine rings is 1. The number of nitrogens with one attached hydrogen (secondary N) is 1. The zero-order chi connectivity index (χ0) is 21.9. The predicted molar refractivity (Wildman–Crippen MR) is 97.3 cm³/mol. The quantitative estimate of drug-likeness (QED) is 0.477. The van der Waals surface area contributed by atoms with Crippen LogP contribution in [0.15, 0.2) is 41.7 Å². The van der Waals surface area contributed by atoms with E-state index in [1.54, 1.807) is 6.07 Å². The Bertz CT molecular complexity index is 1100. The van der Waals surface area contributed by atoms with E-state index in [2.05, 4.69) is 20.1 Å². The maximum absolute atomic E-state index is 12.6. The number of hydrogen-bond acceptors (Lipinski definition) is 7. The number of rotatable bonds is 7. The standard InChI is InChI=1S/C17H13F3N4O5S/c18-17(19,20)29-11-4-2-1-3-9(11)7-30-12-5-10(25)14(15-22-8-23-24(12)15)16(28)21-6-13(26)27/h1-5,8,25H,6-7H2,(H,21,28)(H,26,27). The molecule has 0 aliphatic rings. The van der Waals surface area contributed by atoms with Gasteiger partial charge in [0.1, 0.15) is 35.0 Å². The summed E-state index contributed by atoms with van der Waals surface area (Å²) in [6.07, 6.45) is -3.73. The van der Waals surface area contributed by atoms with Crippen molar-refractivity contribution >= 4 is 29.3 Å². The summed E-state index contributed by atoms with van der Waals surface area (Å²) in [7, 11) is 0. The minimum Gasteiger partial charge on any atom is -0.507 e. The molecular weight excluding hydrogens is 429 g/mol. The lowest BCUT2D eigenvalue weighted by Crippen LogP contribution is -2.29. The first kappa shape index (κ1) is 21.2. The molecule has 2 aromatic heterocycles. The number of ether oxygens (including phenoxy) is 1. The highest BCUT2D eigenvalue weighted by atomic mass is 32.2. The average Bonchev–Trinajstić information content (AvgIpc) is 3.13. The molecule has 158 valence electrons. The molecule has 0 spiro atoms. The summed E-state index contributed by atoms with van der Waals surface area (Å²) in [5.41, 5.74) is -0.0741. The Morgan fingerprint density at radius 1 is 1.27 bits per heavy atom. The predicted octanol–water partition coefficient (Wildman–Crippen LogP) is 2.44. The largest absolute Gasteiger partial charge is 0.573 e. The van der Waals surface area contributed by atoms with Crippen molar-refractivity contribution < 1.29 is 37.7 Å². The molecule has 0 saturated heterocycles. The number of thioether (sulfide) groups is 1. The summed E-state index contributed by atoms with van der Waals surface area (Å²) in [5.74, 6) is -2.95. The molecular formula is C17H13F3N4O5S. The Labute approximate surface area is 170 Å². The first-order valence-electron chi connectivity index (χ1n) is 8.18. The van der Waals surface area contributed by atoms with E-state index in [0.29, 0.717) is 0 Å². The molecule has 0 fully saturated rings. The molecule has 1 amide bonds. The number of aromatic nitrogens is 3. The van der Waals surface area contributed by atoms with Crippen molar-refractivity contribution in [1.29, 1.82) is 0 Å². The number of nitrogens with zero attached hydrogens (tertiary/aromatic N) is 3. The van der Waals surface area contributed by atoms with Crippen molar-refractivity contribution in [3.8, 4) is 11.5 Å². The number of fused-ring (bicyclic) bond motifs is 1. The minimum atomic E-state index is -4.84. The van der Waals surface area contributed by atoms with Gasteiger partial charge < -0.3 is 20.3 Å². The van der Waals surface area contributed by atoms with Gasteiger partial charge in [0.15, 0.2) is 5.65 Å². The van der Waals surface area contributed by atoms with E-state index in [4.69, 9.17) is 5.11 Å². The Kier molecular flexibility index (Phi) is 6.01. The third-order valence-corrected chi connectivity index (χ3v) is 4.74. The maximum Gasteiger partial charge on any atom is 0.573 e. The highest BCUT2D eigenvalue weighted by Crippen LogP contribution is 2.34. The van der Waals surface area contributed by atoms with Gasteiger partial charge in [-0.05, 0) is 6.07 Å². The van der Waals surface area contributed by atoms with Gasteiger partial charge in [0.25, 0.3) is 5.91 Å². The Morgan fingerprint density at radius 3 is 2.70 bits per heavy atom. The third kappa shape index (κ3) is 4.92. The van der Waals surface area contributed by atoms with Crippen LogP contribution in [-0.4, -0.2) is 49.6 Å². The van der Waals surface area contributed by atoms with Crippen LogP contribution in [0.25, 0.3) is 5.65 Å². The number of aromatic hydroxyl groups is 1. The van der Waals surface area contributed by atoms with Crippen LogP contribution in [0.2, 0.25) is 0 Å². The molecule has 3 N–H and O–H groups in total. The molecule has 0 unspecified atom stereocenters. The summed E-state index contributed by atoms with van der Waals surface area (Å²) in [6.45, 7) is -0.662. The number of para-hydroxylation sites is 1. The molecule has 0 aliphatic carbocycles. The second-order valence-corrected chi connectivity index (χ2v) is 6.75. The number of carbonyl (C=O) groups excluding carboxylic acids is 1. The first-order chi connectivity index (χ1) is 14.2. The van der Waals surface area contributed by atoms with E-state index in [9.17, 15) is 27.9 Å². The highest BCUT2D eigenvalue weighted by Gasteiger charge is 2.32. The smallest absolute Gasteiger partial charge is 0.507 e. The van der Waals surface area contributed by atoms with E-state index >= 15 is 0 Å². The number of benzene rings is 1. The summed E-state index contributed by atoms with van der Waals surface area (Å²) < 4.78 is 43.0. The lowest BCUT2D eigenvalue weighted by Gasteiger charge is -2.14. The normalized spacial score (nSPS) is 11.4. The zero-order valence-electron chi connectivity index (χ0n) is 14.9. The molecule has 0 aliphatic heterocycles. The van der Waals surface area contributed by atoms with Gasteiger partial charge in [0, 0.05) is 17.4 Å². The van der Waals surface area contributed by atoms with Crippen LogP contribution in [0.5, 0.6) is 11.5 Å². The molecule has 1 aromatic carbocycles. The third-order valence-electron chi connectivity index (χ3n) is 3.70. The zero-order valence-corrected chi connectivity index (χ0v) is 15.7. The fourth-order valence-electron chi connectivity index (χ4n) is 2.50. The van der Waals surface area contributed by atoms with Gasteiger partial charge in [-0.15, -0.1) is 24.9 Å². The maximum atomic E-state index is 12.6. The van der Waals surface area contributed by atoms with Crippen LogP contribution >= 0.6 is 11.8 Å². The van der Waals surface area contributed by atoms with Gasteiger partial charge in [-0.1, -0.05) is 18.2 Å². The van der Waals surface area contributed by atoms with E-state index in [-0.39, 0.29) is 33.3 Å². The summed E-state index contributed by atoms with van der Waals surface area (Å²) in [6, 6.07) is 6.79. The van der Waals surface area contributed by atoms with Crippen LogP contribution in [0.1, 0.15) is 15.9 Å². The topological polar surface area (TPSA) is 126 Å². The van der Waals surface area contributed by atoms with Gasteiger partial charge in [-0.3, -0.25) is 9.59 Å². The van der Waals surface area contributed by atoms with E-state index in [0.717, 1.165) is 18.1 Å². The molecule has 13 heteroatoms. The number of hydrogen-bond donors (Lipinski definition) is 3. The number of carboxylic acid groups (broad SMARTS) is 1. The van der Waals surface area contributed by atoms with Crippen molar-refractivity contribution in [2.75, 3.05) is 6.54 Å². The number of alkyl halides is 3. The van der Waals surface area contributed by atoms with Crippen molar-refractivity contribution in [1.82, 2.24) is 19.9 Å². The molecule has 2 heterocycles. The molecule has 3 aromatic rings. The molecule has 3 rings (SSSR count). The number of aliphatic carboxylic acids is 1. The minimum absolute atomic E-state index is 0.0329. The lowest BCUT2D eigenvalue weighted by atomic mass is 10.2. The van der Waals surface area contributed by atoms with E-state index in [1.807, 2.05) is 0 Å². The fraction of sp³-hybridized carbons (Fsp3) is 0.176. The van der Waals surface area contributed by atoms with Gasteiger partial charge in [0.05, 0.1) is 0 Å². The van der Waals surface area contributed by atoms with Gasteiger partial charge >= 0.3 is 12.3 Å². The van der Waals surface area contributed by atoms with Gasteiger partial charge in [0.2, 0.25) is 0 Å². The number of carboxylic acids is 1. The molecule has 0 saturated carbocycles. The van der Waals surface area contributed by atoms with Crippen LogP contribution < -0.4 is 10.1 Å². The van der Waals surface area contributed by atoms with Crippen LogP contribution in [0.3, 0.4) is 0 Å². The van der Waals surface area contributed by atoms with Crippen molar-refractivity contribution in [3.05, 3.63) is 47.8 Å². The Hall–Kier alpha value is -3.48. The monoisotopic (exact) mass is 442 g/mol. The molecule has 9 nitrogen and oxygen atoms in total. The van der Waals surface area contributed by atoms with Crippen molar-refractivity contribution in [2.24, 2.45) is 0 Å². The fourth-order valence-corrected chi connectivity index (χ4v) is 3.49. The summed E-state index contributed by atoms with van der Waals surface area (Å²) >= 11 is 1.03. The summed E-state index contributed by atoms with van der Waals surface area (Å²) in [4.78, 5) is 26.7. The molecule has 0 bridgehead atoms. The average molecular weight is 442 g/mol. The number of halogens is 3. The number of amides is 1. The van der Waals surface area contributed by atoms with Crippen LogP contribution in [0, 0.1) is 0 Å². The Balaban J connectivity index is 1.87. The molecule has 0 radical (unpaired) electrons. The lowest BCUT2D eigenvalue weighted by molar-refractivity contribution is -0.274. The summed E-state index contributed by atoms with van der Waals surface area (Å²) in [5, 5.41) is 25.3.